The van der Waals surface area contributed by atoms with Gasteiger partial charge in [-0.05, 0) is 91.3 Å². The lowest BCUT2D eigenvalue weighted by atomic mass is 9.66. The summed E-state index contributed by atoms with van der Waals surface area (Å²) in [4.78, 5) is 0. The van der Waals surface area contributed by atoms with Crippen LogP contribution < -0.4 is 0 Å². The van der Waals surface area contributed by atoms with E-state index in [0.29, 0.717) is 17.8 Å². The van der Waals surface area contributed by atoms with Crippen molar-refractivity contribution in [3.05, 3.63) is 106 Å². The normalized spacial score (nSPS) is 23.2. The number of benzene rings is 4. The molecule has 3 aliphatic carbocycles. The van der Waals surface area contributed by atoms with Crippen LogP contribution in [0.25, 0.3) is 32.3 Å². The lowest BCUT2D eigenvalue weighted by Gasteiger charge is -2.37. The highest BCUT2D eigenvalue weighted by atomic mass is 14.5. The third kappa shape index (κ3) is 3.16. The van der Waals surface area contributed by atoms with Gasteiger partial charge in [-0.3, -0.25) is 0 Å². The molecule has 4 aromatic carbocycles. The molecule has 0 saturated heterocycles. The summed E-state index contributed by atoms with van der Waals surface area (Å²) in [5.41, 5.74) is 9.51. The number of fused-ring (bicyclic) bond motifs is 1. The molecule has 0 heteroatoms. The van der Waals surface area contributed by atoms with Gasteiger partial charge >= 0.3 is 0 Å². The van der Waals surface area contributed by atoms with Crippen LogP contribution in [0.15, 0.2) is 101 Å². The summed E-state index contributed by atoms with van der Waals surface area (Å²) in [5, 5.41) is 8.31. The molecule has 7 rings (SSSR count). The van der Waals surface area contributed by atoms with E-state index in [1.807, 2.05) is 0 Å². The zero-order valence-electron chi connectivity index (χ0n) is 24.1. The first-order chi connectivity index (χ1) is 18.1. The van der Waals surface area contributed by atoms with E-state index in [-0.39, 0.29) is 10.8 Å². The average Bonchev–Trinajstić information content (AvgIpc) is 3.13. The van der Waals surface area contributed by atoms with Crippen LogP contribution in [0.5, 0.6) is 0 Å². The summed E-state index contributed by atoms with van der Waals surface area (Å²) in [6.45, 7) is 17.1. The van der Waals surface area contributed by atoms with E-state index in [2.05, 4.69) is 121 Å². The molecule has 2 atom stereocenters. The Kier molecular flexibility index (Phi) is 5.01. The van der Waals surface area contributed by atoms with Gasteiger partial charge in [-0.25, -0.2) is 0 Å². The van der Waals surface area contributed by atoms with Crippen molar-refractivity contribution in [3.8, 4) is 0 Å². The molecule has 0 heterocycles. The Morgan fingerprint density at radius 2 is 1.55 bits per heavy atom. The quantitative estimate of drug-likeness (QED) is 0.247. The van der Waals surface area contributed by atoms with Crippen LogP contribution in [0.3, 0.4) is 0 Å². The van der Waals surface area contributed by atoms with Crippen molar-refractivity contribution in [1.82, 2.24) is 0 Å². The molecule has 0 bridgehead atoms. The molecule has 0 aromatic heterocycles. The van der Waals surface area contributed by atoms with Gasteiger partial charge < -0.3 is 0 Å². The molecule has 38 heavy (non-hydrogen) atoms. The van der Waals surface area contributed by atoms with Crippen LogP contribution >= 0.6 is 0 Å². The molecule has 2 unspecified atom stereocenters. The third-order valence-electron chi connectivity index (χ3n) is 10.5. The van der Waals surface area contributed by atoms with E-state index in [0.717, 1.165) is 6.42 Å². The number of rotatable bonds is 3. The number of hydrogen-bond donors (Lipinski definition) is 0. The minimum atomic E-state index is -0.0632. The van der Waals surface area contributed by atoms with Crippen LogP contribution in [0.2, 0.25) is 0 Å². The molecule has 0 aliphatic heterocycles. The minimum Gasteiger partial charge on any atom is -0.0802 e. The van der Waals surface area contributed by atoms with Crippen molar-refractivity contribution in [2.45, 2.75) is 66.7 Å². The van der Waals surface area contributed by atoms with Gasteiger partial charge in [0.2, 0.25) is 0 Å². The third-order valence-corrected chi connectivity index (χ3v) is 10.5. The van der Waals surface area contributed by atoms with Crippen molar-refractivity contribution in [1.29, 1.82) is 0 Å². The largest absolute Gasteiger partial charge is 0.0802 e. The molecule has 192 valence electrons. The Balaban J connectivity index is 1.40. The van der Waals surface area contributed by atoms with E-state index in [9.17, 15) is 0 Å². The molecular weight excluding hydrogens is 456 g/mol. The summed E-state index contributed by atoms with van der Waals surface area (Å²) in [7, 11) is 0. The highest BCUT2D eigenvalue weighted by Crippen LogP contribution is 2.58. The second-order valence-corrected chi connectivity index (χ2v) is 13.7. The highest BCUT2D eigenvalue weighted by Gasteiger charge is 2.44. The van der Waals surface area contributed by atoms with Gasteiger partial charge in [0, 0.05) is 10.8 Å². The van der Waals surface area contributed by atoms with E-state index in [4.69, 9.17) is 0 Å². The molecule has 0 saturated carbocycles. The lowest BCUT2D eigenvalue weighted by Crippen LogP contribution is -2.27. The predicted octanol–water partition coefficient (Wildman–Crippen LogP) is 10.7. The Bertz CT molecular complexity index is 1740. The second-order valence-electron chi connectivity index (χ2n) is 13.7. The Labute approximate surface area is 228 Å². The molecule has 0 amide bonds. The number of allylic oxidation sites excluding steroid dienone is 8. The van der Waals surface area contributed by atoms with Crippen LogP contribution in [-0.4, -0.2) is 0 Å². The number of hydrogen-bond acceptors (Lipinski definition) is 0. The maximum Gasteiger partial charge on any atom is 0.0117 e. The van der Waals surface area contributed by atoms with E-state index in [1.54, 1.807) is 27.9 Å². The second kappa shape index (κ2) is 7.95. The molecule has 0 radical (unpaired) electrons. The van der Waals surface area contributed by atoms with Crippen LogP contribution in [0.4, 0.5) is 0 Å². The fraction of sp³-hybridized carbons (Fsp3) is 0.368. The van der Waals surface area contributed by atoms with Crippen molar-refractivity contribution in [3.63, 3.8) is 0 Å². The summed E-state index contributed by atoms with van der Waals surface area (Å²) in [6, 6.07) is 20.7. The SMILES string of the molecule is CC1CC(C(C)(C)c2cc3cccc4ccc5cccc2c5c43)=CC2=C1C1=C(CC(C(C)C)C=C1)C2(C)C. The predicted molar refractivity (Wildman–Crippen MR) is 165 cm³/mol. The average molecular weight is 497 g/mol. The van der Waals surface area contributed by atoms with Gasteiger partial charge in [-0.15, -0.1) is 0 Å². The van der Waals surface area contributed by atoms with Crippen LogP contribution in [-0.2, 0) is 5.41 Å². The smallest absolute Gasteiger partial charge is 0.0117 e. The molecule has 0 nitrogen and oxygen atoms in total. The Morgan fingerprint density at radius 1 is 0.868 bits per heavy atom. The maximum absolute atomic E-state index is 2.63. The molecule has 0 spiro atoms. The van der Waals surface area contributed by atoms with Gasteiger partial charge in [0.05, 0.1) is 0 Å². The summed E-state index contributed by atoms with van der Waals surface area (Å²) in [5.74, 6) is 1.87. The van der Waals surface area contributed by atoms with Gasteiger partial charge in [-0.1, -0.05) is 126 Å². The first-order valence-electron chi connectivity index (χ1n) is 14.6. The molecule has 0 fully saturated rings. The topological polar surface area (TPSA) is 0 Å². The van der Waals surface area contributed by atoms with Gasteiger partial charge in [-0.2, -0.15) is 0 Å². The molecular formula is C38H40. The maximum atomic E-state index is 2.63. The minimum absolute atomic E-state index is 0.0632. The zero-order valence-corrected chi connectivity index (χ0v) is 24.1. The standard InChI is InChI=1S/C38H40/c1-22(2)26-16-17-30-32(19-26)38(6,7)33-21-28(18-23(3)34(30)33)37(4,5)31-20-27-12-8-10-24-14-15-25-11-9-13-29(31)36(25)35(24)27/h8-17,20-23,26H,18-19H2,1-7H3. The fourth-order valence-corrected chi connectivity index (χ4v) is 8.02. The fourth-order valence-electron chi connectivity index (χ4n) is 8.02. The highest BCUT2D eigenvalue weighted by molar-refractivity contribution is 6.24. The van der Waals surface area contributed by atoms with E-state index < -0.39 is 0 Å². The lowest BCUT2D eigenvalue weighted by molar-refractivity contribution is 0.416. The van der Waals surface area contributed by atoms with Crippen molar-refractivity contribution in [2.24, 2.45) is 23.2 Å². The van der Waals surface area contributed by atoms with Crippen molar-refractivity contribution >= 4 is 32.3 Å². The first-order valence-corrected chi connectivity index (χ1v) is 14.6. The van der Waals surface area contributed by atoms with Gasteiger partial charge in [0.25, 0.3) is 0 Å². The van der Waals surface area contributed by atoms with Crippen molar-refractivity contribution in [2.75, 3.05) is 0 Å². The zero-order chi connectivity index (χ0) is 26.6. The van der Waals surface area contributed by atoms with Gasteiger partial charge in [0.1, 0.15) is 0 Å². The van der Waals surface area contributed by atoms with Crippen LogP contribution in [0.1, 0.15) is 66.9 Å². The van der Waals surface area contributed by atoms with E-state index >= 15 is 0 Å². The molecule has 4 aromatic rings. The molecule has 0 N–H and O–H groups in total. The summed E-state index contributed by atoms with van der Waals surface area (Å²) in [6.07, 6.45) is 9.94. The van der Waals surface area contributed by atoms with E-state index in [1.165, 1.54) is 44.3 Å². The van der Waals surface area contributed by atoms with Gasteiger partial charge in [0.15, 0.2) is 0 Å². The summed E-state index contributed by atoms with van der Waals surface area (Å²) >= 11 is 0. The Morgan fingerprint density at radius 3 is 2.29 bits per heavy atom. The molecule has 3 aliphatic rings. The first kappa shape index (κ1) is 24.0. The monoisotopic (exact) mass is 496 g/mol. The summed E-state index contributed by atoms with van der Waals surface area (Å²) < 4.78 is 0. The van der Waals surface area contributed by atoms with Crippen LogP contribution in [0, 0.1) is 23.2 Å². The van der Waals surface area contributed by atoms with Crippen molar-refractivity contribution < 1.29 is 0 Å². The Hall–Kier alpha value is -3.12.